The number of aliphatic imine (C=N–C) groups is 1. The van der Waals surface area contributed by atoms with Crippen molar-refractivity contribution < 1.29 is 0 Å². The number of nitrogens with zero attached hydrogens (tertiary/aromatic N) is 2. The lowest BCUT2D eigenvalue weighted by Crippen LogP contribution is -2.47. The third kappa shape index (κ3) is 2.33. The molecule has 0 aromatic carbocycles. The second-order valence-electron chi connectivity index (χ2n) is 4.43. The second kappa shape index (κ2) is 4.52. The van der Waals surface area contributed by atoms with Crippen LogP contribution in [0.25, 0.3) is 0 Å². The summed E-state index contributed by atoms with van der Waals surface area (Å²) in [6, 6.07) is 0. The van der Waals surface area contributed by atoms with Crippen LogP contribution in [0.15, 0.2) is 29.4 Å². The van der Waals surface area contributed by atoms with Crippen molar-refractivity contribution in [1.82, 2.24) is 4.90 Å². The van der Waals surface area contributed by atoms with Gasteiger partial charge >= 0.3 is 0 Å². The first-order valence-electron chi connectivity index (χ1n) is 5.44. The van der Waals surface area contributed by atoms with Crippen molar-refractivity contribution >= 4 is 20.6 Å². The molecular formula is C12H17BrN2. The van der Waals surface area contributed by atoms with Crippen molar-refractivity contribution in [1.29, 1.82) is 0 Å². The van der Waals surface area contributed by atoms with Gasteiger partial charge in [-0.15, -0.1) is 0 Å². The van der Waals surface area contributed by atoms with Crippen LogP contribution in [0.5, 0.6) is 0 Å². The van der Waals surface area contributed by atoms with E-state index in [9.17, 15) is 0 Å². The number of halogens is 1. The molecule has 2 heterocycles. The van der Waals surface area contributed by atoms with Gasteiger partial charge in [-0.3, -0.25) is 4.99 Å². The fraction of sp³-hybridized carbons (Fsp3) is 0.583. The third-order valence-electron chi connectivity index (χ3n) is 3.35. The van der Waals surface area contributed by atoms with Gasteiger partial charge in [-0.05, 0) is 52.8 Å². The summed E-state index contributed by atoms with van der Waals surface area (Å²) in [6.07, 6.45) is 6.85. The maximum Gasteiger partial charge on any atom is 0.102 e. The first kappa shape index (κ1) is 10.9. The third-order valence-corrected chi connectivity index (χ3v) is 3.93. The molecule has 1 saturated carbocycles. The van der Waals surface area contributed by atoms with Gasteiger partial charge in [0, 0.05) is 25.8 Å². The van der Waals surface area contributed by atoms with Crippen LogP contribution in [-0.2, 0) is 0 Å². The van der Waals surface area contributed by atoms with Crippen LogP contribution < -0.4 is 0 Å². The molecule has 2 aliphatic heterocycles. The Morgan fingerprint density at radius 1 is 1.40 bits per heavy atom. The van der Waals surface area contributed by atoms with Gasteiger partial charge in [0.05, 0.1) is 0 Å². The SMILES string of the molecule is C=C/C(=C\C(Br)=NC)N1CC2CC(C2)C1. The van der Waals surface area contributed by atoms with E-state index in [-0.39, 0.29) is 0 Å². The van der Waals surface area contributed by atoms with Crippen LogP contribution in [0, 0.1) is 11.8 Å². The Morgan fingerprint density at radius 2 is 2.00 bits per heavy atom. The predicted molar refractivity (Wildman–Crippen MR) is 68.4 cm³/mol. The van der Waals surface area contributed by atoms with E-state index in [0.717, 1.165) is 16.5 Å². The monoisotopic (exact) mass is 268 g/mol. The standard InChI is InChI=1S/C12H17BrN2/c1-3-11(6-12(13)14-2)15-7-9-4-10(5-9)8-15/h3,6,9-10H,1,4-5,7-8H2,2H3/b11-6+,14-12?. The van der Waals surface area contributed by atoms with Gasteiger partial charge in [0.15, 0.2) is 0 Å². The Bertz CT molecular complexity index is 304. The Kier molecular flexibility index (Phi) is 3.29. The average Bonchev–Trinajstić information content (AvgIpc) is 2.24. The molecule has 15 heavy (non-hydrogen) atoms. The molecule has 3 rings (SSSR count). The van der Waals surface area contributed by atoms with Crippen LogP contribution >= 0.6 is 15.9 Å². The normalized spacial score (nSPS) is 31.2. The lowest BCUT2D eigenvalue weighted by molar-refractivity contribution is 0.0515. The van der Waals surface area contributed by atoms with Crippen molar-refractivity contribution in [3.8, 4) is 0 Å². The topological polar surface area (TPSA) is 15.6 Å². The van der Waals surface area contributed by atoms with Gasteiger partial charge in [-0.25, -0.2) is 0 Å². The molecule has 3 fully saturated rings. The van der Waals surface area contributed by atoms with Crippen molar-refractivity contribution in [3.63, 3.8) is 0 Å². The number of hydrogen-bond acceptors (Lipinski definition) is 2. The molecule has 3 heteroatoms. The van der Waals surface area contributed by atoms with E-state index < -0.39 is 0 Å². The number of fused-ring (bicyclic) bond motifs is 2. The van der Waals surface area contributed by atoms with Gasteiger partial charge in [0.2, 0.25) is 0 Å². The molecular weight excluding hydrogens is 252 g/mol. The molecule has 2 bridgehead atoms. The van der Waals surface area contributed by atoms with Crippen molar-refractivity contribution in [2.45, 2.75) is 12.8 Å². The Labute approximate surface area is 99.9 Å². The molecule has 0 unspecified atom stereocenters. The Hall–Kier alpha value is -0.570. The van der Waals surface area contributed by atoms with Crippen LogP contribution in [0.3, 0.4) is 0 Å². The van der Waals surface area contributed by atoms with Crippen LogP contribution in [0.4, 0.5) is 0 Å². The van der Waals surface area contributed by atoms with E-state index in [1.807, 2.05) is 6.08 Å². The zero-order valence-electron chi connectivity index (χ0n) is 9.12. The van der Waals surface area contributed by atoms with Crippen LogP contribution in [-0.4, -0.2) is 29.7 Å². The summed E-state index contributed by atoms with van der Waals surface area (Å²) < 4.78 is 0.886. The molecule has 2 saturated heterocycles. The smallest absolute Gasteiger partial charge is 0.102 e. The summed E-state index contributed by atoms with van der Waals surface area (Å²) in [5, 5.41) is 0. The summed E-state index contributed by atoms with van der Waals surface area (Å²) in [5.41, 5.74) is 1.20. The molecule has 82 valence electrons. The number of hydrogen-bond donors (Lipinski definition) is 0. The highest BCUT2D eigenvalue weighted by atomic mass is 79.9. The van der Waals surface area contributed by atoms with E-state index in [1.54, 1.807) is 7.05 Å². The van der Waals surface area contributed by atoms with E-state index in [4.69, 9.17) is 0 Å². The fourth-order valence-corrected chi connectivity index (χ4v) is 2.78. The summed E-state index contributed by atoms with van der Waals surface area (Å²) in [7, 11) is 1.79. The molecule has 0 aromatic rings. The Morgan fingerprint density at radius 3 is 2.47 bits per heavy atom. The molecule has 0 N–H and O–H groups in total. The summed E-state index contributed by atoms with van der Waals surface area (Å²) >= 11 is 3.41. The largest absolute Gasteiger partial charge is 0.371 e. The minimum Gasteiger partial charge on any atom is -0.371 e. The first-order valence-corrected chi connectivity index (χ1v) is 6.23. The summed E-state index contributed by atoms with van der Waals surface area (Å²) in [5.74, 6) is 1.84. The molecule has 0 atom stereocenters. The molecule has 0 spiro atoms. The van der Waals surface area contributed by atoms with Crippen molar-refractivity contribution in [2.75, 3.05) is 20.1 Å². The number of allylic oxidation sites excluding steroid dienone is 2. The highest BCUT2D eigenvalue weighted by Gasteiger charge is 2.37. The minimum atomic E-state index is 0.886. The van der Waals surface area contributed by atoms with Crippen molar-refractivity contribution in [3.05, 3.63) is 24.4 Å². The zero-order valence-corrected chi connectivity index (χ0v) is 10.7. The van der Waals surface area contributed by atoms with Gasteiger partial charge in [0.1, 0.15) is 4.62 Å². The highest BCUT2D eigenvalue weighted by molar-refractivity contribution is 9.18. The lowest BCUT2D eigenvalue weighted by Gasteiger charge is -2.48. The van der Waals surface area contributed by atoms with E-state index >= 15 is 0 Å². The summed E-state index contributed by atoms with van der Waals surface area (Å²) in [6.45, 7) is 6.26. The van der Waals surface area contributed by atoms with E-state index in [1.165, 1.54) is 31.6 Å². The maximum absolute atomic E-state index is 4.08. The van der Waals surface area contributed by atoms with Crippen molar-refractivity contribution in [2.24, 2.45) is 16.8 Å². The zero-order chi connectivity index (χ0) is 10.8. The van der Waals surface area contributed by atoms with E-state index in [2.05, 4.69) is 38.5 Å². The van der Waals surface area contributed by atoms with Gasteiger partial charge in [-0.2, -0.15) is 0 Å². The summed E-state index contributed by atoms with van der Waals surface area (Å²) in [4.78, 5) is 6.52. The van der Waals surface area contributed by atoms with Gasteiger partial charge < -0.3 is 4.90 Å². The van der Waals surface area contributed by atoms with Gasteiger partial charge in [-0.1, -0.05) is 6.58 Å². The van der Waals surface area contributed by atoms with Gasteiger partial charge in [0.25, 0.3) is 0 Å². The predicted octanol–water partition coefficient (Wildman–Crippen LogP) is 2.82. The number of piperidine rings is 2. The molecule has 1 aliphatic carbocycles. The maximum atomic E-state index is 4.08. The quantitative estimate of drug-likeness (QED) is 0.568. The molecule has 0 amide bonds. The molecule has 0 aromatic heterocycles. The Balaban J connectivity index is 2.06. The molecule has 0 radical (unpaired) electrons. The number of rotatable bonds is 3. The van der Waals surface area contributed by atoms with Crippen LogP contribution in [0.2, 0.25) is 0 Å². The lowest BCUT2D eigenvalue weighted by atomic mass is 9.71. The highest BCUT2D eigenvalue weighted by Crippen LogP contribution is 2.40. The second-order valence-corrected chi connectivity index (χ2v) is 5.24. The molecule has 2 nitrogen and oxygen atoms in total. The van der Waals surface area contributed by atoms with E-state index in [0.29, 0.717) is 0 Å². The first-order chi connectivity index (χ1) is 7.22. The average molecular weight is 269 g/mol. The fourth-order valence-electron chi connectivity index (χ4n) is 2.55. The molecule has 3 aliphatic rings. The van der Waals surface area contributed by atoms with Crippen LogP contribution in [0.1, 0.15) is 12.8 Å². The minimum absolute atomic E-state index is 0.886.